The van der Waals surface area contributed by atoms with E-state index in [-0.39, 0.29) is 0 Å². The van der Waals surface area contributed by atoms with Crippen LogP contribution in [0.1, 0.15) is 18.4 Å². The van der Waals surface area contributed by atoms with Gasteiger partial charge in [0.2, 0.25) is 0 Å². The molecule has 1 fully saturated rings. The van der Waals surface area contributed by atoms with Crippen molar-refractivity contribution in [2.24, 2.45) is 10.7 Å². The van der Waals surface area contributed by atoms with Gasteiger partial charge < -0.3 is 10.6 Å². The Bertz CT molecular complexity index is 314. The van der Waals surface area contributed by atoms with Crippen LogP contribution in [0.25, 0.3) is 0 Å². The van der Waals surface area contributed by atoms with Gasteiger partial charge in [0, 0.05) is 13.6 Å². The normalized spacial score (nSPS) is 17.1. The molecule has 76 valence electrons. The number of thiophene rings is 1. The molecule has 2 N–H and O–H groups in total. The van der Waals surface area contributed by atoms with Gasteiger partial charge in [-0.3, -0.25) is 0 Å². The summed E-state index contributed by atoms with van der Waals surface area (Å²) in [5.74, 6) is 0.665. The van der Waals surface area contributed by atoms with E-state index in [1.54, 1.807) is 11.3 Å². The van der Waals surface area contributed by atoms with Crippen molar-refractivity contribution in [2.75, 3.05) is 7.05 Å². The summed E-state index contributed by atoms with van der Waals surface area (Å²) in [6.45, 7) is 0.853. The smallest absolute Gasteiger partial charge is 0.191 e. The van der Waals surface area contributed by atoms with E-state index in [0.29, 0.717) is 12.0 Å². The summed E-state index contributed by atoms with van der Waals surface area (Å²) in [6, 6.07) is 2.62. The van der Waals surface area contributed by atoms with Crippen LogP contribution in [0, 0.1) is 0 Å². The van der Waals surface area contributed by atoms with E-state index < -0.39 is 0 Å². The molecule has 2 rings (SSSR count). The summed E-state index contributed by atoms with van der Waals surface area (Å²) < 4.78 is 0. The first kappa shape index (κ1) is 9.52. The van der Waals surface area contributed by atoms with Gasteiger partial charge in [-0.15, -0.1) is 0 Å². The first-order valence-electron chi connectivity index (χ1n) is 4.81. The minimum Gasteiger partial charge on any atom is -0.370 e. The summed E-state index contributed by atoms with van der Waals surface area (Å²) in [5, 5.41) is 4.22. The standard InChI is InChI=1S/C10H15N3S/c1-13(6-8-4-5-14-7-8)10(11)12-9-2-3-9/h4-5,7,9H,2-3,6H2,1H3,(H2,11,12). The lowest BCUT2D eigenvalue weighted by Gasteiger charge is -2.17. The lowest BCUT2D eigenvalue weighted by atomic mass is 10.3. The Morgan fingerprint density at radius 3 is 3.07 bits per heavy atom. The summed E-state index contributed by atoms with van der Waals surface area (Å²) in [4.78, 5) is 6.39. The second-order valence-electron chi connectivity index (χ2n) is 3.71. The summed E-state index contributed by atoms with van der Waals surface area (Å²) in [7, 11) is 1.98. The molecule has 1 saturated carbocycles. The van der Waals surface area contributed by atoms with Gasteiger partial charge >= 0.3 is 0 Å². The van der Waals surface area contributed by atoms with E-state index in [2.05, 4.69) is 21.8 Å². The van der Waals surface area contributed by atoms with Crippen LogP contribution in [0.2, 0.25) is 0 Å². The van der Waals surface area contributed by atoms with Gasteiger partial charge in [-0.2, -0.15) is 11.3 Å². The molecule has 1 aromatic heterocycles. The van der Waals surface area contributed by atoms with Crippen molar-refractivity contribution in [3.63, 3.8) is 0 Å². The number of hydrogen-bond acceptors (Lipinski definition) is 2. The molecule has 3 nitrogen and oxygen atoms in total. The van der Waals surface area contributed by atoms with Crippen LogP contribution >= 0.6 is 11.3 Å². The predicted molar refractivity (Wildman–Crippen MR) is 60.4 cm³/mol. The van der Waals surface area contributed by atoms with Gasteiger partial charge in [0.05, 0.1) is 6.04 Å². The van der Waals surface area contributed by atoms with Crippen LogP contribution in [-0.2, 0) is 6.54 Å². The molecule has 0 spiro atoms. The van der Waals surface area contributed by atoms with Crippen molar-refractivity contribution in [3.05, 3.63) is 22.4 Å². The maximum atomic E-state index is 5.85. The minimum atomic E-state index is 0.500. The molecule has 4 heteroatoms. The van der Waals surface area contributed by atoms with Crippen LogP contribution in [0.3, 0.4) is 0 Å². The fraction of sp³-hybridized carbons (Fsp3) is 0.500. The zero-order valence-corrected chi connectivity index (χ0v) is 9.13. The van der Waals surface area contributed by atoms with Crippen LogP contribution in [-0.4, -0.2) is 23.9 Å². The molecule has 0 unspecified atom stereocenters. The van der Waals surface area contributed by atoms with Crippen molar-refractivity contribution < 1.29 is 0 Å². The monoisotopic (exact) mass is 209 g/mol. The Balaban J connectivity index is 1.91. The Morgan fingerprint density at radius 1 is 1.71 bits per heavy atom. The highest BCUT2D eigenvalue weighted by Gasteiger charge is 2.21. The number of guanidine groups is 1. The molecule has 0 amide bonds. The van der Waals surface area contributed by atoms with E-state index in [4.69, 9.17) is 5.73 Å². The van der Waals surface area contributed by atoms with Gasteiger partial charge in [-0.25, -0.2) is 4.99 Å². The molecule has 0 aliphatic heterocycles. The lowest BCUT2D eigenvalue weighted by Crippen LogP contribution is -2.33. The third-order valence-electron chi connectivity index (χ3n) is 2.25. The Hall–Kier alpha value is -1.03. The zero-order chi connectivity index (χ0) is 9.97. The molecule has 0 radical (unpaired) electrons. The van der Waals surface area contributed by atoms with E-state index in [1.165, 1.54) is 18.4 Å². The van der Waals surface area contributed by atoms with Crippen molar-refractivity contribution >= 4 is 17.3 Å². The van der Waals surface area contributed by atoms with Gasteiger partial charge in [-0.05, 0) is 35.2 Å². The molecule has 0 atom stereocenters. The maximum Gasteiger partial charge on any atom is 0.191 e. The molecule has 0 saturated heterocycles. The van der Waals surface area contributed by atoms with Crippen molar-refractivity contribution in [1.82, 2.24) is 4.90 Å². The van der Waals surface area contributed by atoms with Gasteiger partial charge in [0.25, 0.3) is 0 Å². The summed E-state index contributed by atoms with van der Waals surface area (Å²) >= 11 is 1.71. The number of nitrogens with zero attached hydrogens (tertiary/aromatic N) is 2. The molecular formula is C10H15N3S. The largest absolute Gasteiger partial charge is 0.370 e. The highest BCUT2D eigenvalue weighted by molar-refractivity contribution is 7.07. The highest BCUT2D eigenvalue weighted by atomic mass is 32.1. The van der Waals surface area contributed by atoms with Crippen LogP contribution in [0.15, 0.2) is 21.8 Å². The Labute approximate surface area is 88.3 Å². The number of hydrogen-bond donors (Lipinski definition) is 1. The van der Waals surface area contributed by atoms with Crippen LogP contribution < -0.4 is 5.73 Å². The van der Waals surface area contributed by atoms with Gasteiger partial charge in [0.15, 0.2) is 5.96 Å². The zero-order valence-electron chi connectivity index (χ0n) is 8.31. The summed E-state index contributed by atoms with van der Waals surface area (Å²) in [5.41, 5.74) is 7.15. The van der Waals surface area contributed by atoms with Gasteiger partial charge in [-0.1, -0.05) is 0 Å². The number of nitrogens with two attached hydrogens (primary N) is 1. The number of aliphatic imine (C=N–C) groups is 1. The molecular weight excluding hydrogens is 194 g/mol. The van der Waals surface area contributed by atoms with Crippen LogP contribution in [0.5, 0.6) is 0 Å². The second-order valence-corrected chi connectivity index (χ2v) is 4.49. The fourth-order valence-electron chi connectivity index (χ4n) is 1.23. The minimum absolute atomic E-state index is 0.500. The molecule has 1 heterocycles. The maximum absolute atomic E-state index is 5.85. The topological polar surface area (TPSA) is 41.6 Å². The second kappa shape index (κ2) is 4.00. The van der Waals surface area contributed by atoms with Gasteiger partial charge in [0.1, 0.15) is 0 Å². The third-order valence-corrected chi connectivity index (χ3v) is 2.98. The van der Waals surface area contributed by atoms with E-state index in [9.17, 15) is 0 Å². The van der Waals surface area contributed by atoms with Crippen LogP contribution in [0.4, 0.5) is 0 Å². The molecule has 0 aromatic carbocycles. The Kier molecular flexibility index (Phi) is 2.72. The predicted octanol–water partition coefficient (Wildman–Crippen LogP) is 1.66. The van der Waals surface area contributed by atoms with Crippen molar-refractivity contribution in [2.45, 2.75) is 25.4 Å². The van der Waals surface area contributed by atoms with E-state index >= 15 is 0 Å². The molecule has 0 bridgehead atoms. The van der Waals surface area contributed by atoms with E-state index in [0.717, 1.165) is 6.54 Å². The third kappa shape index (κ3) is 2.48. The average molecular weight is 209 g/mol. The highest BCUT2D eigenvalue weighted by Crippen LogP contribution is 2.23. The summed E-state index contributed by atoms with van der Waals surface area (Å²) in [6.07, 6.45) is 2.40. The number of rotatable bonds is 3. The average Bonchev–Trinajstić information content (AvgIpc) is 2.81. The fourth-order valence-corrected chi connectivity index (χ4v) is 1.89. The van der Waals surface area contributed by atoms with Crippen molar-refractivity contribution in [1.29, 1.82) is 0 Å². The quantitative estimate of drug-likeness (QED) is 0.607. The molecule has 1 aliphatic rings. The molecule has 1 aliphatic carbocycles. The Morgan fingerprint density at radius 2 is 2.50 bits per heavy atom. The first-order valence-corrected chi connectivity index (χ1v) is 5.75. The SMILES string of the molecule is CN(Cc1ccsc1)C(N)=NC1CC1. The first-order chi connectivity index (χ1) is 6.75. The van der Waals surface area contributed by atoms with Crippen molar-refractivity contribution in [3.8, 4) is 0 Å². The van der Waals surface area contributed by atoms with E-state index in [1.807, 2.05) is 11.9 Å². The lowest BCUT2D eigenvalue weighted by molar-refractivity contribution is 0.492. The molecule has 14 heavy (non-hydrogen) atoms. The molecule has 1 aromatic rings.